The van der Waals surface area contributed by atoms with Gasteiger partial charge in [-0.25, -0.2) is 14.6 Å². The van der Waals surface area contributed by atoms with E-state index in [4.69, 9.17) is 0 Å². The van der Waals surface area contributed by atoms with E-state index >= 15 is 0 Å². The number of carbonyl (C=O) groups excluding carboxylic acids is 2. The Morgan fingerprint density at radius 3 is 2.75 bits per heavy atom. The van der Waals surface area contributed by atoms with Gasteiger partial charge < -0.3 is 10.1 Å². The average Bonchev–Trinajstić information content (AvgIpc) is 2.27. The largest absolute Gasteiger partial charge is 0.415 e. The average molecular weight is 222 g/mol. The molecule has 5 heteroatoms. The van der Waals surface area contributed by atoms with Crippen LogP contribution in [0, 0.1) is 5.92 Å². The molecule has 0 saturated carbocycles. The Kier molecular flexibility index (Phi) is 4.44. The number of hydrogen-bond donors (Lipinski definition) is 1. The van der Waals surface area contributed by atoms with Gasteiger partial charge in [-0.1, -0.05) is 19.9 Å². The lowest BCUT2D eigenvalue weighted by atomic mass is 10.2. The first kappa shape index (κ1) is 12.2. The fourth-order valence-corrected chi connectivity index (χ4v) is 0.944. The van der Waals surface area contributed by atoms with E-state index in [2.05, 4.69) is 15.0 Å². The van der Waals surface area contributed by atoms with Crippen LogP contribution in [-0.2, 0) is 4.74 Å². The van der Waals surface area contributed by atoms with E-state index in [0.717, 1.165) is 0 Å². The minimum Gasteiger partial charge on any atom is -0.371 e. The van der Waals surface area contributed by atoms with Gasteiger partial charge in [0.15, 0.2) is 0 Å². The fraction of sp³-hybridized carbons (Fsp3) is 0.364. The Morgan fingerprint density at radius 2 is 2.19 bits per heavy atom. The van der Waals surface area contributed by atoms with E-state index in [1.54, 1.807) is 12.1 Å². The standard InChI is InChI=1S/C11H14N2O3/c1-8(2)7-13-11(15)16-10(14)9-5-3-4-6-12-9/h3-6,8H,7H2,1-2H3,(H,13,15). The molecule has 16 heavy (non-hydrogen) atoms. The van der Waals surface area contributed by atoms with Crippen molar-refractivity contribution in [2.75, 3.05) is 6.54 Å². The number of nitrogens with one attached hydrogen (secondary N) is 1. The summed E-state index contributed by atoms with van der Waals surface area (Å²) in [6.07, 6.45) is 0.715. The number of aromatic nitrogens is 1. The molecule has 0 spiro atoms. The van der Waals surface area contributed by atoms with E-state index in [-0.39, 0.29) is 5.69 Å². The normalized spacial score (nSPS) is 9.94. The molecule has 1 aromatic heterocycles. The Balaban J connectivity index is 2.43. The Hall–Kier alpha value is -1.91. The zero-order valence-electron chi connectivity index (χ0n) is 9.27. The van der Waals surface area contributed by atoms with Crippen LogP contribution >= 0.6 is 0 Å². The second-order valence-electron chi connectivity index (χ2n) is 3.67. The molecule has 0 fully saturated rings. The summed E-state index contributed by atoms with van der Waals surface area (Å²) >= 11 is 0. The molecule has 0 aliphatic carbocycles. The van der Waals surface area contributed by atoms with Gasteiger partial charge in [-0.15, -0.1) is 0 Å². The number of hydrogen-bond acceptors (Lipinski definition) is 4. The van der Waals surface area contributed by atoms with Gasteiger partial charge in [0.2, 0.25) is 0 Å². The third kappa shape index (κ3) is 4.08. The van der Waals surface area contributed by atoms with Crippen LogP contribution in [-0.4, -0.2) is 23.6 Å². The molecule has 5 nitrogen and oxygen atoms in total. The van der Waals surface area contributed by atoms with E-state index in [0.29, 0.717) is 12.5 Å². The first-order valence-corrected chi connectivity index (χ1v) is 5.00. The molecule has 86 valence electrons. The summed E-state index contributed by atoms with van der Waals surface area (Å²) in [5.41, 5.74) is 0.113. The van der Waals surface area contributed by atoms with E-state index in [9.17, 15) is 9.59 Å². The molecular weight excluding hydrogens is 208 g/mol. The lowest BCUT2D eigenvalue weighted by Crippen LogP contribution is -2.30. The molecule has 0 aromatic carbocycles. The van der Waals surface area contributed by atoms with Crippen LogP contribution in [0.1, 0.15) is 24.3 Å². The number of ether oxygens (including phenoxy) is 1. The molecule has 1 heterocycles. The zero-order valence-corrected chi connectivity index (χ0v) is 9.27. The van der Waals surface area contributed by atoms with Crippen LogP contribution < -0.4 is 5.32 Å². The van der Waals surface area contributed by atoms with Gasteiger partial charge in [-0.05, 0) is 18.1 Å². The molecule has 1 aromatic rings. The van der Waals surface area contributed by atoms with Crippen molar-refractivity contribution in [3.63, 3.8) is 0 Å². The molecule has 0 unspecified atom stereocenters. The van der Waals surface area contributed by atoms with Crippen molar-refractivity contribution in [1.82, 2.24) is 10.3 Å². The third-order valence-electron chi connectivity index (χ3n) is 1.71. The van der Waals surface area contributed by atoms with E-state index in [1.807, 2.05) is 13.8 Å². The van der Waals surface area contributed by atoms with Gasteiger partial charge in [-0.3, -0.25) is 0 Å². The van der Waals surface area contributed by atoms with Gasteiger partial charge in [0.05, 0.1) is 0 Å². The quantitative estimate of drug-likeness (QED) is 0.623. The first-order valence-electron chi connectivity index (χ1n) is 5.00. The second kappa shape index (κ2) is 5.85. The SMILES string of the molecule is CC(C)CNC(=O)OC(=O)c1ccccn1. The highest BCUT2D eigenvalue weighted by Gasteiger charge is 2.13. The topological polar surface area (TPSA) is 68.3 Å². The van der Waals surface area contributed by atoms with Crippen molar-refractivity contribution in [2.45, 2.75) is 13.8 Å². The van der Waals surface area contributed by atoms with Gasteiger partial charge in [0, 0.05) is 12.7 Å². The van der Waals surface area contributed by atoms with Crippen LogP contribution in [0.4, 0.5) is 4.79 Å². The molecule has 0 radical (unpaired) electrons. The summed E-state index contributed by atoms with van der Waals surface area (Å²) in [6.45, 7) is 4.36. The number of nitrogens with zero attached hydrogens (tertiary/aromatic N) is 1. The molecular formula is C11H14N2O3. The molecule has 0 aliphatic heterocycles. The minimum absolute atomic E-state index is 0.113. The van der Waals surface area contributed by atoms with Crippen molar-refractivity contribution in [2.24, 2.45) is 5.92 Å². The Morgan fingerprint density at radius 1 is 1.44 bits per heavy atom. The number of alkyl carbamates (subject to hydrolysis) is 1. The van der Waals surface area contributed by atoms with Gasteiger partial charge in [-0.2, -0.15) is 0 Å². The summed E-state index contributed by atoms with van der Waals surface area (Å²) in [5, 5.41) is 2.47. The van der Waals surface area contributed by atoms with E-state index in [1.165, 1.54) is 12.3 Å². The van der Waals surface area contributed by atoms with Crippen molar-refractivity contribution in [3.05, 3.63) is 30.1 Å². The van der Waals surface area contributed by atoms with Crippen LogP contribution in [0.2, 0.25) is 0 Å². The van der Waals surface area contributed by atoms with Crippen molar-refractivity contribution >= 4 is 12.1 Å². The minimum atomic E-state index is -0.748. The second-order valence-corrected chi connectivity index (χ2v) is 3.67. The summed E-state index contributed by atoms with van der Waals surface area (Å²) < 4.78 is 4.54. The maximum absolute atomic E-state index is 11.4. The number of rotatable bonds is 3. The Labute approximate surface area is 93.8 Å². The summed E-state index contributed by atoms with van der Waals surface area (Å²) in [7, 11) is 0. The maximum Gasteiger partial charge on any atom is 0.415 e. The van der Waals surface area contributed by atoms with Gasteiger partial charge in [0.1, 0.15) is 5.69 Å². The lowest BCUT2D eigenvalue weighted by molar-refractivity contribution is 0.0615. The summed E-state index contributed by atoms with van der Waals surface area (Å²) in [4.78, 5) is 26.3. The third-order valence-corrected chi connectivity index (χ3v) is 1.71. The predicted molar refractivity (Wildman–Crippen MR) is 57.9 cm³/mol. The summed E-state index contributed by atoms with van der Waals surface area (Å²) in [5.74, 6) is -0.445. The predicted octanol–water partition coefficient (Wildman–Crippen LogP) is 1.60. The van der Waals surface area contributed by atoms with Crippen LogP contribution in [0.25, 0.3) is 0 Å². The molecule has 0 aliphatic rings. The Bertz CT molecular complexity index is 363. The highest BCUT2D eigenvalue weighted by Crippen LogP contribution is 1.97. The number of amides is 1. The van der Waals surface area contributed by atoms with Crippen LogP contribution in [0.15, 0.2) is 24.4 Å². The molecule has 0 atom stereocenters. The summed E-state index contributed by atoms with van der Waals surface area (Å²) in [6, 6.07) is 4.81. The number of esters is 1. The van der Waals surface area contributed by atoms with Crippen LogP contribution in [0.5, 0.6) is 0 Å². The molecule has 1 amide bonds. The molecule has 0 bridgehead atoms. The van der Waals surface area contributed by atoms with E-state index < -0.39 is 12.1 Å². The van der Waals surface area contributed by atoms with Gasteiger partial charge in [0.25, 0.3) is 0 Å². The zero-order chi connectivity index (χ0) is 12.0. The molecule has 1 N–H and O–H groups in total. The van der Waals surface area contributed by atoms with Crippen molar-refractivity contribution in [3.8, 4) is 0 Å². The number of pyridine rings is 1. The smallest absolute Gasteiger partial charge is 0.371 e. The highest BCUT2D eigenvalue weighted by atomic mass is 16.6. The van der Waals surface area contributed by atoms with Crippen molar-refractivity contribution < 1.29 is 14.3 Å². The fourth-order valence-electron chi connectivity index (χ4n) is 0.944. The lowest BCUT2D eigenvalue weighted by Gasteiger charge is -2.06. The molecule has 1 rings (SSSR count). The van der Waals surface area contributed by atoms with Gasteiger partial charge >= 0.3 is 12.1 Å². The highest BCUT2D eigenvalue weighted by molar-refractivity contribution is 5.94. The maximum atomic E-state index is 11.4. The van der Waals surface area contributed by atoms with Crippen molar-refractivity contribution in [1.29, 1.82) is 0 Å². The number of carbonyl (C=O) groups is 2. The molecule has 0 saturated heterocycles. The van der Waals surface area contributed by atoms with Crippen LogP contribution in [0.3, 0.4) is 0 Å². The monoisotopic (exact) mass is 222 g/mol. The first-order chi connectivity index (χ1) is 7.59.